The number of nitrogens with zero attached hydrogens (tertiary/aromatic N) is 5. The summed E-state index contributed by atoms with van der Waals surface area (Å²) >= 11 is 0. The van der Waals surface area contributed by atoms with Gasteiger partial charge in [0.1, 0.15) is 16.8 Å². The number of piperidine rings is 1. The number of hydrogen-bond donors (Lipinski definition) is 2. The van der Waals surface area contributed by atoms with E-state index in [0.29, 0.717) is 65.4 Å². The number of hydrogen-bond acceptors (Lipinski definition) is 13. The summed E-state index contributed by atoms with van der Waals surface area (Å²) in [5.41, 5.74) is 4.23. The van der Waals surface area contributed by atoms with Gasteiger partial charge in [0.25, 0.3) is 0 Å². The first kappa shape index (κ1) is 48.0. The number of carbonyl (C=O) groups is 5. The van der Waals surface area contributed by atoms with E-state index in [2.05, 4.69) is 4.90 Å². The van der Waals surface area contributed by atoms with Gasteiger partial charge in [0.15, 0.2) is 0 Å². The Morgan fingerprint density at radius 2 is 0.792 bits per heavy atom. The Bertz CT molecular complexity index is 1150. The third-order valence-electron chi connectivity index (χ3n) is 7.74. The molecule has 18 heteroatoms. The average Bonchev–Trinajstić information content (AvgIpc) is 2.95. The van der Waals surface area contributed by atoms with Crippen LogP contribution in [0.2, 0.25) is 0 Å². The summed E-state index contributed by atoms with van der Waals surface area (Å²) in [4.78, 5) is 70.8. The highest BCUT2D eigenvalue weighted by molar-refractivity contribution is 5.78. The number of alkyl halides is 3. The molecule has 15 nitrogen and oxygen atoms in total. The zero-order valence-electron chi connectivity index (χ0n) is 33.1. The lowest BCUT2D eigenvalue weighted by Crippen LogP contribution is -2.51. The van der Waals surface area contributed by atoms with Gasteiger partial charge >= 0.3 is 30.1 Å². The minimum Gasteiger partial charge on any atom is -0.475 e. The minimum atomic E-state index is -5.08. The fourth-order valence-corrected chi connectivity index (χ4v) is 5.32. The number of halogens is 3. The first-order chi connectivity index (χ1) is 24.1. The zero-order valence-corrected chi connectivity index (χ0v) is 33.1. The quantitative estimate of drug-likeness (QED) is 0.270. The molecule has 0 aromatic heterocycles. The summed E-state index contributed by atoms with van der Waals surface area (Å²) in [6, 6.07) is 0.128. The van der Waals surface area contributed by atoms with Crippen LogP contribution in [0.4, 0.5) is 13.2 Å². The van der Waals surface area contributed by atoms with Gasteiger partial charge in [0, 0.05) is 71.5 Å². The molecule has 0 unspecified atom stereocenters. The van der Waals surface area contributed by atoms with Crippen molar-refractivity contribution in [1.82, 2.24) is 24.5 Å². The van der Waals surface area contributed by atoms with Crippen LogP contribution < -0.4 is 5.73 Å². The van der Waals surface area contributed by atoms with Crippen molar-refractivity contribution < 1.29 is 56.5 Å². The predicted molar refractivity (Wildman–Crippen MR) is 191 cm³/mol. The number of esters is 3. The van der Waals surface area contributed by atoms with Crippen LogP contribution in [0.25, 0.3) is 0 Å². The molecule has 0 aromatic rings. The standard InChI is InChI=1S/C33H62N6O7.C2HF3O2/c1-31(2,3)44-28(41)23-36-16-14-35(22-27(40)39-12-10-26(34)11-13-39)15-17-37(24-29(42)45-32(4,5)6)19-21-38(20-18-36)25-30(43)46-33(7,8)9;3-2(4,5)1(6)7/h26H,10-25,34H2,1-9H3;(H,6,7). The van der Waals surface area contributed by atoms with E-state index in [4.69, 9.17) is 29.8 Å². The molecule has 2 aliphatic heterocycles. The molecule has 0 spiro atoms. The molecule has 0 atom stereocenters. The summed E-state index contributed by atoms with van der Waals surface area (Å²) < 4.78 is 48.6. The number of amides is 1. The number of ether oxygens (including phenoxy) is 3. The molecule has 0 aliphatic carbocycles. The Hall–Kier alpha value is -3.06. The Morgan fingerprint density at radius 3 is 1.02 bits per heavy atom. The second kappa shape index (κ2) is 21.1. The molecular formula is C35H63F3N6O9. The van der Waals surface area contributed by atoms with Gasteiger partial charge in [-0.3, -0.25) is 38.8 Å². The molecule has 2 aliphatic rings. The molecule has 2 saturated heterocycles. The normalized spacial score (nSPS) is 18.8. The molecule has 2 heterocycles. The Kier molecular flexibility index (Phi) is 19.1. The van der Waals surface area contributed by atoms with Gasteiger partial charge in [-0.05, 0) is 75.2 Å². The van der Waals surface area contributed by atoms with E-state index in [1.807, 2.05) is 81.9 Å². The van der Waals surface area contributed by atoms with E-state index >= 15 is 0 Å². The van der Waals surface area contributed by atoms with Crippen molar-refractivity contribution in [2.24, 2.45) is 5.73 Å². The minimum absolute atomic E-state index is 0.0555. The molecule has 0 saturated carbocycles. The summed E-state index contributed by atoms with van der Waals surface area (Å²) in [6.45, 7) is 22.5. The van der Waals surface area contributed by atoms with Crippen LogP contribution in [0.15, 0.2) is 0 Å². The van der Waals surface area contributed by atoms with Gasteiger partial charge in [-0.25, -0.2) is 4.79 Å². The molecule has 0 radical (unpaired) electrons. The van der Waals surface area contributed by atoms with Crippen LogP contribution >= 0.6 is 0 Å². The summed E-state index contributed by atoms with van der Waals surface area (Å²) in [5.74, 6) is -3.68. The van der Waals surface area contributed by atoms with E-state index in [1.54, 1.807) is 0 Å². The Labute approximate surface area is 312 Å². The fourth-order valence-electron chi connectivity index (χ4n) is 5.32. The summed E-state index contributed by atoms with van der Waals surface area (Å²) in [5, 5.41) is 7.12. The fraction of sp³-hybridized carbons (Fsp3) is 0.857. The van der Waals surface area contributed by atoms with E-state index in [0.717, 1.165) is 12.8 Å². The van der Waals surface area contributed by atoms with Gasteiger partial charge in [-0.15, -0.1) is 0 Å². The molecular weight excluding hydrogens is 705 g/mol. The third-order valence-corrected chi connectivity index (χ3v) is 7.74. The largest absolute Gasteiger partial charge is 0.490 e. The molecule has 0 aromatic carbocycles. The van der Waals surface area contributed by atoms with Crippen LogP contribution in [0.3, 0.4) is 0 Å². The Balaban J connectivity index is 0.00000181. The van der Waals surface area contributed by atoms with Crippen LogP contribution in [-0.4, -0.2) is 180 Å². The smallest absolute Gasteiger partial charge is 0.475 e. The lowest BCUT2D eigenvalue weighted by Gasteiger charge is -2.35. The van der Waals surface area contributed by atoms with Crippen molar-refractivity contribution in [3.63, 3.8) is 0 Å². The predicted octanol–water partition coefficient (Wildman–Crippen LogP) is 1.82. The SMILES string of the molecule is CC(C)(C)OC(=O)CN1CCN(CC(=O)OC(C)(C)C)CCN(CC(=O)N2CCC(N)CC2)CCN(CC(=O)OC(C)(C)C)CC1.O=C(O)C(F)(F)F. The molecule has 308 valence electrons. The average molecular weight is 769 g/mol. The van der Waals surface area contributed by atoms with Crippen molar-refractivity contribution in [3.8, 4) is 0 Å². The van der Waals surface area contributed by atoms with Crippen LogP contribution in [0.1, 0.15) is 75.2 Å². The number of aliphatic carboxylic acids is 1. The highest BCUT2D eigenvalue weighted by Gasteiger charge is 2.38. The topological polar surface area (TPSA) is 175 Å². The van der Waals surface area contributed by atoms with Crippen molar-refractivity contribution in [1.29, 1.82) is 0 Å². The van der Waals surface area contributed by atoms with Crippen LogP contribution in [0, 0.1) is 0 Å². The maximum atomic E-state index is 13.3. The molecule has 0 bridgehead atoms. The van der Waals surface area contributed by atoms with E-state index in [-0.39, 0.29) is 56.0 Å². The monoisotopic (exact) mass is 768 g/mol. The van der Waals surface area contributed by atoms with Crippen molar-refractivity contribution >= 4 is 29.8 Å². The second-order valence-electron chi connectivity index (χ2n) is 16.4. The summed E-state index contributed by atoms with van der Waals surface area (Å²) in [7, 11) is 0. The van der Waals surface area contributed by atoms with Crippen molar-refractivity contribution in [2.75, 3.05) is 91.6 Å². The zero-order chi connectivity index (χ0) is 40.8. The molecule has 53 heavy (non-hydrogen) atoms. The third kappa shape index (κ3) is 23.4. The second-order valence-corrected chi connectivity index (χ2v) is 16.4. The van der Waals surface area contributed by atoms with E-state index in [1.165, 1.54) is 0 Å². The highest BCUT2D eigenvalue weighted by atomic mass is 19.4. The van der Waals surface area contributed by atoms with Gasteiger partial charge in [0.2, 0.25) is 5.91 Å². The molecule has 2 fully saturated rings. The van der Waals surface area contributed by atoms with Crippen molar-refractivity contribution in [2.45, 2.75) is 104 Å². The lowest BCUT2D eigenvalue weighted by molar-refractivity contribution is -0.192. The van der Waals surface area contributed by atoms with Gasteiger partial charge < -0.3 is 30.0 Å². The highest BCUT2D eigenvalue weighted by Crippen LogP contribution is 2.14. The van der Waals surface area contributed by atoms with Crippen LogP contribution in [-0.2, 0) is 38.2 Å². The summed E-state index contributed by atoms with van der Waals surface area (Å²) in [6.07, 6.45) is -3.50. The van der Waals surface area contributed by atoms with Crippen LogP contribution in [0.5, 0.6) is 0 Å². The molecule has 2 rings (SSSR count). The maximum absolute atomic E-state index is 13.3. The first-order valence-corrected chi connectivity index (χ1v) is 18.0. The van der Waals surface area contributed by atoms with Gasteiger partial charge in [-0.2, -0.15) is 13.2 Å². The lowest BCUT2D eigenvalue weighted by atomic mass is 10.1. The van der Waals surface area contributed by atoms with E-state index < -0.39 is 28.9 Å². The Morgan fingerprint density at radius 1 is 0.547 bits per heavy atom. The first-order valence-electron chi connectivity index (χ1n) is 18.0. The molecule has 1 amide bonds. The number of likely N-dealkylation sites (tertiary alicyclic amines) is 1. The number of carboxylic acid groups (broad SMARTS) is 1. The van der Waals surface area contributed by atoms with Gasteiger partial charge in [0.05, 0.1) is 26.2 Å². The molecule has 3 N–H and O–H groups in total. The number of rotatable bonds is 8. The number of carboxylic acids is 1. The van der Waals surface area contributed by atoms with Crippen molar-refractivity contribution in [3.05, 3.63) is 0 Å². The number of nitrogens with two attached hydrogens (primary N) is 1. The maximum Gasteiger partial charge on any atom is 0.490 e. The number of carbonyl (C=O) groups excluding carboxylic acids is 4. The van der Waals surface area contributed by atoms with E-state index in [9.17, 15) is 32.3 Å². The van der Waals surface area contributed by atoms with Gasteiger partial charge in [-0.1, -0.05) is 0 Å².